The van der Waals surface area contributed by atoms with Crippen molar-refractivity contribution in [3.63, 3.8) is 0 Å². The average Bonchev–Trinajstić information content (AvgIpc) is 3.30. The van der Waals surface area contributed by atoms with Crippen molar-refractivity contribution in [2.45, 2.75) is 0 Å². The molecule has 1 aliphatic rings. The van der Waals surface area contributed by atoms with Crippen molar-refractivity contribution in [3.05, 3.63) is 76.0 Å². The van der Waals surface area contributed by atoms with Gasteiger partial charge in [0.15, 0.2) is 5.11 Å². The highest BCUT2D eigenvalue weighted by Gasteiger charge is 2.36. The van der Waals surface area contributed by atoms with Gasteiger partial charge in [0.1, 0.15) is 28.6 Å². The van der Waals surface area contributed by atoms with Crippen LogP contribution in [0.1, 0.15) is 5.76 Å². The van der Waals surface area contributed by atoms with Crippen LogP contribution in [0.3, 0.4) is 0 Å². The molecule has 0 spiro atoms. The summed E-state index contributed by atoms with van der Waals surface area (Å²) in [6.45, 7) is 0. The number of nitro benzene ring substituents is 1. The summed E-state index contributed by atoms with van der Waals surface area (Å²) >= 11 is 5.23. The van der Waals surface area contributed by atoms with Crippen molar-refractivity contribution in [2.24, 2.45) is 0 Å². The number of para-hydroxylation sites is 1. The molecule has 11 heteroatoms. The summed E-state index contributed by atoms with van der Waals surface area (Å²) in [6.07, 6.45) is 1.25. The van der Waals surface area contributed by atoms with E-state index in [-0.39, 0.29) is 33.5 Å². The molecule has 2 aromatic carbocycles. The number of benzene rings is 2. The second kappa shape index (κ2) is 9.16. The molecule has 0 bridgehead atoms. The Balaban J connectivity index is 1.71. The van der Waals surface area contributed by atoms with Gasteiger partial charge in [0.25, 0.3) is 17.5 Å². The fraction of sp³-hybridized carbons (Fsp3) is 0.0870. The smallest absolute Gasteiger partial charge is 0.280 e. The van der Waals surface area contributed by atoms with Crippen LogP contribution in [0.4, 0.5) is 11.4 Å². The SMILES string of the molecule is COc1ccc(N2C(=O)/C(=C\c3ccc(-c4ccccc4[N+](=O)[O-])o3)C(=O)NC2=S)c(OC)c1. The Kier molecular flexibility index (Phi) is 6.11. The third kappa shape index (κ3) is 4.11. The number of hydrogen-bond acceptors (Lipinski definition) is 8. The zero-order valence-electron chi connectivity index (χ0n) is 17.9. The second-order valence-corrected chi connectivity index (χ2v) is 7.36. The topological polar surface area (TPSA) is 124 Å². The van der Waals surface area contributed by atoms with Gasteiger partial charge >= 0.3 is 0 Å². The molecule has 0 radical (unpaired) electrons. The van der Waals surface area contributed by atoms with Gasteiger partial charge in [0.2, 0.25) is 0 Å². The van der Waals surface area contributed by atoms with Crippen molar-refractivity contribution in [1.82, 2.24) is 5.32 Å². The van der Waals surface area contributed by atoms with Crippen molar-refractivity contribution in [2.75, 3.05) is 19.1 Å². The number of carbonyl (C=O) groups is 2. The zero-order valence-corrected chi connectivity index (χ0v) is 18.8. The maximum atomic E-state index is 13.3. The molecule has 0 aliphatic carbocycles. The molecule has 1 aliphatic heterocycles. The molecule has 1 N–H and O–H groups in total. The molecule has 1 aromatic heterocycles. The number of nitro groups is 1. The largest absolute Gasteiger partial charge is 0.497 e. The number of rotatable bonds is 6. The number of nitrogens with zero attached hydrogens (tertiary/aromatic N) is 2. The van der Waals surface area contributed by atoms with Gasteiger partial charge in [-0.3, -0.25) is 25.0 Å². The van der Waals surface area contributed by atoms with Crippen LogP contribution in [0.25, 0.3) is 17.4 Å². The molecule has 34 heavy (non-hydrogen) atoms. The molecule has 2 heterocycles. The van der Waals surface area contributed by atoms with E-state index < -0.39 is 16.7 Å². The number of amides is 2. The second-order valence-electron chi connectivity index (χ2n) is 6.97. The van der Waals surface area contributed by atoms with Crippen LogP contribution in [0.5, 0.6) is 11.5 Å². The van der Waals surface area contributed by atoms with Gasteiger partial charge in [-0.1, -0.05) is 12.1 Å². The first-order chi connectivity index (χ1) is 16.3. The van der Waals surface area contributed by atoms with E-state index in [9.17, 15) is 19.7 Å². The van der Waals surface area contributed by atoms with Crippen LogP contribution in [-0.2, 0) is 9.59 Å². The van der Waals surface area contributed by atoms with Crippen molar-refractivity contribution >= 4 is 46.6 Å². The number of methoxy groups -OCH3 is 2. The summed E-state index contributed by atoms with van der Waals surface area (Å²) in [5.74, 6) is -0.215. The van der Waals surface area contributed by atoms with E-state index in [1.807, 2.05) is 0 Å². The van der Waals surface area contributed by atoms with E-state index in [2.05, 4.69) is 5.32 Å². The Morgan fingerprint density at radius 2 is 1.85 bits per heavy atom. The molecular weight excluding hydrogens is 462 g/mol. The van der Waals surface area contributed by atoms with Crippen LogP contribution in [-0.4, -0.2) is 36.1 Å². The summed E-state index contributed by atoms with van der Waals surface area (Å²) in [5.41, 5.74) is 0.201. The molecule has 4 rings (SSSR count). The third-order valence-corrected chi connectivity index (χ3v) is 5.29. The average molecular weight is 479 g/mol. The Hall–Kier alpha value is -4.51. The minimum Gasteiger partial charge on any atom is -0.497 e. The van der Waals surface area contributed by atoms with E-state index >= 15 is 0 Å². The predicted octanol–water partition coefficient (Wildman–Crippen LogP) is 3.70. The Labute approximate surface area is 198 Å². The molecule has 0 unspecified atom stereocenters. The van der Waals surface area contributed by atoms with Crippen molar-refractivity contribution in [3.8, 4) is 22.8 Å². The lowest BCUT2D eigenvalue weighted by molar-refractivity contribution is -0.384. The fourth-order valence-electron chi connectivity index (χ4n) is 3.40. The summed E-state index contributed by atoms with van der Waals surface area (Å²) in [7, 11) is 2.92. The fourth-order valence-corrected chi connectivity index (χ4v) is 3.68. The Morgan fingerprint density at radius 3 is 2.56 bits per heavy atom. The van der Waals surface area contributed by atoms with Gasteiger partial charge in [-0.15, -0.1) is 0 Å². The van der Waals surface area contributed by atoms with E-state index in [0.29, 0.717) is 17.2 Å². The molecule has 3 aromatic rings. The molecular formula is C23H17N3O7S. The van der Waals surface area contributed by atoms with Crippen LogP contribution < -0.4 is 19.7 Å². The first-order valence-electron chi connectivity index (χ1n) is 9.81. The Bertz CT molecular complexity index is 1360. The van der Waals surface area contributed by atoms with Crippen LogP contribution >= 0.6 is 12.2 Å². The molecule has 1 saturated heterocycles. The normalized spacial score (nSPS) is 14.8. The number of hydrogen-bond donors (Lipinski definition) is 1. The molecule has 0 saturated carbocycles. The first-order valence-corrected chi connectivity index (χ1v) is 10.2. The molecule has 1 fully saturated rings. The van der Waals surface area contributed by atoms with Gasteiger partial charge in [0, 0.05) is 12.1 Å². The minimum absolute atomic E-state index is 0.115. The number of nitrogens with one attached hydrogen (secondary N) is 1. The van der Waals surface area contributed by atoms with Crippen LogP contribution in [0.2, 0.25) is 0 Å². The monoisotopic (exact) mass is 479 g/mol. The summed E-state index contributed by atoms with van der Waals surface area (Å²) < 4.78 is 16.2. The van der Waals surface area contributed by atoms with Crippen molar-refractivity contribution < 1.29 is 28.4 Å². The summed E-state index contributed by atoms with van der Waals surface area (Å²) in [4.78, 5) is 37.8. The van der Waals surface area contributed by atoms with Gasteiger partial charge in [-0.2, -0.15) is 0 Å². The summed E-state index contributed by atoms with van der Waals surface area (Å²) in [6, 6.07) is 13.9. The van der Waals surface area contributed by atoms with E-state index in [4.69, 9.17) is 26.1 Å². The lowest BCUT2D eigenvalue weighted by atomic mass is 10.1. The third-order valence-electron chi connectivity index (χ3n) is 5.01. The highest BCUT2D eigenvalue weighted by atomic mass is 32.1. The van der Waals surface area contributed by atoms with Gasteiger partial charge in [-0.05, 0) is 48.6 Å². The van der Waals surface area contributed by atoms with E-state index in [0.717, 1.165) is 4.90 Å². The number of anilines is 1. The number of thiocarbonyl (C=S) groups is 1. The lowest BCUT2D eigenvalue weighted by Crippen LogP contribution is -2.54. The quantitative estimate of drug-likeness (QED) is 0.187. The molecule has 10 nitrogen and oxygen atoms in total. The first kappa shape index (κ1) is 22.7. The molecule has 2 amide bonds. The predicted molar refractivity (Wildman–Crippen MR) is 127 cm³/mol. The van der Waals surface area contributed by atoms with Crippen LogP contribution in [0.15, 0.2) is 64.6 Å². The van der Waals surface area contributed by atoms with E-state index in [1.165, 1.54) is 38.5 Å². The summed E-state index contributed by atoms with van der Waals surface area (Å²) in [5, 5.41) is 13.7. The number of ether oxygens (including phenoxy) is 2. The van der Waals surface area contributed by atoms with Gasteiger partial charge in [0.05, 0.1) is 30.4 Å². The van der Waals surface area contributed by atoms with Crippen molar-refractivity contribution in [1.29, 1.82) is 0 Å². The number of furan rings is 1. The maximum Gasteiger partial charge on any atom is 0.280 e. The molecule has 172 valence electrons. The van der Waals surface area contributed by atoms with Gasteiger partial charge < -0.3 is 13.9 Å². The maximum absolute atomic E-state index is 13.3. The van der Waals surface area contributed by atoms with Crippen LogP contribution in [0, 0.1) is 10.1 Å². The van der Waals surface area contributed by atoms with Gasteiger partial charge in [-0.25, -0.2) is 4.90 Å². The minimum atomic E-state index is -0.706. The zero-order chi connectivity index (χ0) is 24.4. The number of carbonyl (C=O) groups excluding carboxylic acids is 2. The lowest BCUT2D eigenvalue weighted by Gasteiger charge is -2.29. The highest BCUT2D eigenvalue weighted by molar-refractivity contribution is 7.80. The Morgan fingerprint density at radius 1 is 1.09 bits per heavy atom. The molecule has 0 atom stereocenters. The van der Waals surface area contributed by atoms with E-state index in [1.54, 1.807) is 36.4 Å². The highest BCUT2D eigenvalue weighted by Crippen LogP contribution is 2.35. The standard InChI is InChI=1S/C23H17N3O7S/c1-31-13-7-9-18(20(12-13)32-2)25-22(28)16(21(27)24-23(25)34)11-14-8-10-19(33-14)15-5-3-4-6-17(15)26(29)30/h3-12H,1-2H3,(H,24,27,34)/b16-11-.